The maximum absolute atomic E-state index is 12.3. The fraction of sp³-hybridized carbons (Fsp3) is 0.600. The largest absolute Gasteiger partial charge is 0.312 e. The van der Waals surface area contributed by atoms with Gasteiger partial charge in [-0.2, -0.15) is 0 Å². The van der Waals surface area contributed by atoms with Gasteiger partial charge < -0.3 is 5.32 Å². The Morgan fingerprint density at radius 1 is 1.16 bits per heavy atom. The Labute approximate surface area is 114 Å². The molecule has 0 aliphatic carbocycles. The van der Waals surface area contributed by atoms with Gasteiger partial charge in [0.05, 0.1) is 6.54 Å². The zero-order valence-electron chi connectivity index (χ0n) is 12.0. The van der Waals surface area contributed by atoms with E-state index in [1.807, 2.05) is 18.2 Å². The van der Waals surface area contributed by atoms with Gasteiger partial charge in [-0.05, 0) is 30.6 Å². The van der Waals surface area contributed by atoms with Gasteiger partial charge in [0, 0.05) is 13.1 Å². The highest BCUT2D eigenvalue weighted by Gasteiger charge is 2.10. The first-order valence-electron chi connectivity index (χ1n) is 6.73. The summed E-state index contributed by atoms with van der Waals surface area (Å²) >= 11 is 0. The Balaban J connectivity index is 2.57. The zero-order valence-corrected chi connectivity index (χ0v) is 12.0. The lowest BCUT2D eigenvalue weighted by molar-refractivity contribution is 0.0974. The normalized spacial score (nSPS) is 11.8. The molecule has 0 amide bonds. The Morgan fingerprint density at radius 3 is 2.37 bits per heavy atom. The smallest absolute Gasteiger partial charge is 0.251 e. The number of halogens is 2. The van der Waals surface area contributed by atoms with Crippen LogP contribution in [0, 0.1) is 5.92 Å². The van der Waals surface area contributed by atoms with Gasteiger partial charge in [-0.15, -0.1) is 0 Å². The Morgan fingerprint density at radius 2 is 1.79 bits per heavy atom. The molecule has 1 rings (SSSR count). The summed E-state index contributed by atoms with van der Waals surface area (Å²) in [4.78, 5) is 1.66. The number of hydrogen-bond acceptors (Lipinski definition) is 2. The Hall–Kier alpha value is -1.00. The standard InChI is InChI=1S/C15H24F2N2/c1-12(2)8-18-9-13-6-4-5-7-14(13)10-19(3)11-15(16)17/h4-7,12,15,18H,8-11H2,1-3H3. The average Bonchev–Trinajstić information content (AvgIpc) is 2.29. The average molecular weight is 270 g/mol. The van der Waals surface area contributed by atoms with Crippen LogP contribution in [-0.4, -0.2) is 31.5 Å². The third kappa shape index (κ3) is 6.64. The second kappa shape index (κ2) is 8.23. The molecule has 0 heterocycles. The number of hydrogen-bond donors (Lipinski definition) is 1. The molecule has 1 aromatic rings. The molecule has 0 aliphatic rings. The molecule has 2 nitrogen and oxygen atoms in total. The van der Waals surface area contributed by atoms with Crippen LogP contribution in [0.5, 0.6) is 0 Å². The van der Waals surface area contributed by atoms with Crippen LogP contribution in [0.3, 0.4) is 0 Å². The van der Waals surface area contributed by atoms with E-state index in [2.05, 4.69) is 25.2 Å². The second-order valence-electron chi connectivity index (χ2n) is 5.38. The third-order valence-electron chi connectivity index (χ3n) is 2.88. The number of benzene rings is 1. The van der Waals surface area contributed by atoms with Crippen molar-refractivity contribution in [3.63, 3.8) is 0 Å². The van der Waals surface area contributed by atoms with Crippen molar-refractivity contribution >= 4 is 0 Å². The van der Waals surface area contributed by atoms with Crippen LogP contribution in [0.2, 0.25) is 0 Å². The van der Waals surface area contributed by atoms with Gasteiger partial charge in [0.2, 0.25) is 0 Å². The van der Waals surface area contributed by atoms with Crippen molar-refractivity contribution in [3.8, 4) is 0 Å². The van der Waals surface area contributed by atoms with Crippen LogP contribution in [0.25, 0.3) is 0 Å². The molecule has 0 bridgehead atoms. The topological polar surface area (TPSA) is 15.3 Å². The lowest BCUT2D eigenvalue weighted by atomic mass is 10.1. The van der Waals surface area contributed by atoms with Gasteiger partial charge in [0.1, 0.15) is 0 Å². The summed E-state index contributed by atoms with van der Waals surface area (Å²) in [6.07, 6.45) is -2.28. The predicted octanol–water partition coefficient (Wildman–Crippen LogP) is 3.13. The maximum atomic E-state index is 12.3. The Kier molecular flexibility index (Phi) is 6.95. The summed E-state index contributed by atoms with van der Waals surface area (Å²) in [6.45, 7) is 6.44. The van der Waals surface area contributed by atoms with E-state index in [9.17, 15) is 8.78 Å². The van der Waals surface area contributed by atoms with Crippen molar-refractivity contribution in [1.29, 1.82) is 0 Å². The SMILES string of the molecule is CC(C)CNCc1ccccc1CN(C)CC(F)F. The highest BCUT2D eigenvalue weighted by molar-refractivity contribution is 5.26. The van der Waals surface area contributed by atoms with E-state index in [4.69, 9.17) is 0 Å². The maximum Gasteiger partial charge on any atom is 0.251 e. The molecular weight excluding hydrogens is 246 g/mol. The number of nitrogens with one attached hydrogen (secondary N) is 1. The van der Waals surface area contributed by atoms with Crippen LogP contribution >= 0.6 is 0 Å². The fourth-order valence-corrected chi connectivity index (χ4v) is 1.97. The highest BCUT2D eigenvalue weighted by atomic mass is 19.3. The van der Waals surface area contributed by atoms with Crippen molar-refractivity contribution in [2.24, 2.45) is 5.92 Å². The molecule has 0 saturated carbocycles. The second-order valence-corrected chi connectivity index (χ2v) is 5.38. The fourth-order valence-electron chi connectivity index (χ4n) is 1.97. The van der Waals surface area contributed by atoms with Gasteiger partial charge in [-0.25, -0.2) is 8.78 Å². The van der Waals surface area contributed by atoms with E-state index in [0.717, 1.165) is 18.7 Å². The van der Waals surface area contributed by atoms with Crippen LogP contribution in [-0.2, 0) is 13.1 Å². The van der Waals surface area contributed by atoms with Crippen molar-refractivity contribution in [1.82, 2.24) is 10.2 Å². The highest BCUT2D eigenvalue weighted by Crippen LogP contribution is 2.12. The van der Waals surface area contributed by atoms with Gasteiger partial charge in [0.15, 0.2) is 0 Å². The molecule has 0 spiro atoms. The molecule has 108 valence electrons. The van der Waals surface area contributed by atoms with E-state index in [1.165, 1.54) is 5.56 Å². The van der Waals surface area contributed by atoms with Gasteiger partial charge >= 0.3 is 0 Å². The molecule has 1 N–H and O–H groups in total. The number of alkyl halides is 2. The monoisotopic (exact) mass is 270 g/mol. The van der Waals surface area contributed by atoms with E-state index < -0.39 is 6.43 Å². The van der Waals surface area contributed by atoms with Gasteiger partial charge in [-0.3, -0.25) is 4.90 Å². The molecule has 19 heavy (non-hydrogen) atoms. The molecule has 4 heteroatoms. The predicted molar refractivity (Wildman–Crippen MR) is 75.3 cm³/mol. The first-order valence-corrected chi connectivity index (χ1v) is 6.73. The van der Waals surface area contributed by atoms with E-state index in [-0.39, 0.29) is 6.54 Å². The van der Waals surface area contributed by atoms with Crippen LogP contribution in [0.1, 0.15) is 25.0 Å². The van der Waals surface area contributed by atoms with Crippen molar-refractivity contribution in [3.05, 3.63) is 35.4 Å². The lowest BCUT2D eigenvalue weighted by Gasteiger charge is -2.19. The minimum absolute atomic E-state index is 0.187. The van der Waals surface area contributed by atoms with Crippen molar-refractivity contribution in [2.75, 3.05) is 20.1 Å². The first kappa shape index (κ1) is 16.1. The third-order valence-corrected chi connectivity index (χ3v) is 2.88. The molecule has 0 fully saturated rings. The molecule has 0 saturated heterocycles. The minimum atomic E-state index is -2.28. The minimum Gasteiger partial charge on any atom is -0.312 e. The molecule has 0 aliphatic heterocycles. The Bertz CT molecular complexity index is 367. The van der Waals surface area contributed by atoms with Crippen LogP contribution in [0.4, 0.5) is 8.78 Å². The summed E-state index contributed by atoms with van der Waals surface area (Å²) in [5, 5.41) is 3.39. The van der Waals surface area contributed by atoms with Crippen LogP contribution in [0.15, 0.2) is 24.3 Å². The summed E-state index contributed by atoms with van der Waals surface area (Å²) in [5.74, 6) is 0.605. The number of nitrogens with zero attached hydrogens (tertiary/aromatic N) is 1. The van der Waals surface area contributed by atoms with Crippen LogP contribution < -0.4 is 5.32 Å². The molecular formula is C15H24F2N2. The van der Waals surface area contributed by atoms with E-state index >= 15 is 0 Å². The molecule has 0 atom stereocenters. The molecule has 0 radical (unpaired) electrons. The lowest BCUT2D eigenvalue weighted by Crippen LogP contribution is -2.25. The number of rotatable bonds is 8. The first-order chi connectivity index (χ1) is 8.99. The van der Waals surface area contributed by atoms with Gasteiger partial charge in [0.25, 0.3) is 6.43 Å². The van der Waals surface area contributed by atoms with Gasteiger partial charge in [-0.1, -0.05) is 38.1 Å². The van der Waals surface area contributed by atoms with Crippen molar-refractivity contribution in [2.45, 2.75) is 33.4 Å². The van der Waals surface area contributed by atoms with E-state index in [0.29, 0.717) is 12.5 Å². The molecule has 0 unspecified atom stereocenters. The zero-order chi connectivity index (χ0) is 14.3. The summed E-state index contributed by atoms with van der Waals surface area (Å²) in [6, 6.07) is 8.01. The molecule has 0 aromatic heterocycles. The van der Waals surface area contributed by atoms with Crippen molar-refractivity contribution < 1.29 is 8.78 Å². The quantitative estimate of drug-likeness (QED) is 0.780. The summed E-state index contributed by atoms with van der Waals surface area (Å²) in [5.41, 5.74) is 2.30. The summed E-state index contributed by atoms with van der Waals surface area (Å²) in [7, 11) is 1.73. The van der Waals surface area contributed by atoms with E-state index in [1.54, 1.807) is 11.9 Å². The summed E-state index contributed by atoms with van der Waals surface area (Å²) < 4.78 is 24.7. The molecule has 1 aromatic carbocycles.